The van der Waals surface area contributed by atoms with Gasteiger partial charge < -0.3 is 10.6 Å². The summed E-state index contributed by atoms with van der Waals surface area (Å²) in [7, 11) is 0. The Balaban J connectivity index is 1.62. The Kier molecular flexibility index (Phi) is 3.80. The van der Waals surface area contributed by atoms with Crippen LogP contribution in [0.2, 0.25) is 0 Å². The molecule has 1 aromatic carbocycles. The zero-order valence-electron chi connectivity index (χ0n) is 12.0. The molecule has 0 saturated heterocycles. The van der Waals surface area contributed by atoms with Crippen LogP contribution in [0.4, 0.5) is 11.4 Å². The van der Waals surface area contributed by atoms with Crippen molar-refractivity contribution in [3.05, 3.63) is 33.9 Å². The molecule has 3 rings (SSSR count). The molecule has 1 aromatic rings. The van der Waals surface area contributed by atoms with E-state index in [-0.39, 0.29) is 10.6 Å². The number of rotatable bonds is 3. The smallest absolute Gasteiger partial charge is 0.274 e. The Morgan fingerprint density at radius 1 is 1.38 bits per heavy atom. The third-order valence-electron chi connectivity index (χ3n) is 4.72. The van der Waals surface area contributed by atoms with E-state index in [0.29, 0.717) is 22.4 Å². The van der Waals surface area contributed by atoms with Crippen molar-refractivity contribution in [3.8, 4) is 0 Å². The molecule has 5 nitrogen and oxygen atoms in total. The zero-order valence-corrected chi connectivity index (χ0v) is 12.8. The first-order valence-corrected chi connectivity index (χ1v) is 7.76. The molecule has 21 heavy (non-hydrogen) atoms. The predicted molar refractivity (Wildman–Crippen MR) is 86.4 cm³/mol. The number of hydrogen-bond donors (Lipinski definition) is 2. The maximum Gasteiger partial charge on any atom is 0.274 e. The molecule has 0 radical (unpaired) electrons. The summed E-state index contributed by atoms with van der Waals surface area (Å²) in [6.45, 7) is 1.73. The van der Waals surface area contributed by atoms with E-state index in [1.165, 1.54) is 31.7 Å². The Morgan fingerprint density at radius 3 is 2.81 bits per heavy atom. The van der Waals surface area contributed by atoms with Crippen LogP contribution in [-0.4, -0.2) is 16.1 Å². The van der Waals surface area contributed by atoms with Gasteiger partial charge in [-0.1, -0.05) is 12.5 Å². The number of anilines is 1. The van der Waals surface area contributed by atoms with Crippen LogP contribution in [0.25, 0.3) is 0 Å². The maximum absolute atomic E-state index is 11.0. The lowest BCUT2D eigenvalue weighted by Crippen LogP contribution is -2.40. The lowest BCUT2D eigenvalue weighted by atomic mass is 9.96. The van der Waals surface area contributed by atoms with Crippen LogP contribution in [-0.2, 0) is 0 Å². The molecule has 2 N–H and O–H groups in total. The van der Waals surface area contributed by atoms with Gasteiger partial charge in [-0.15, -0.1) is 0 Å². The van der Waals surface area contributed by atoms with Crippen molar-refractivity contribution in [2.75, 3.05) is 5.32 Å². The monoisotopic (exact) mass is 305 g/mol. The first-order valence-electron chi connectivity index (χ1n) is 7.35. The molecule has 0 aromatic heterocycles. The number of nitro groups is 1. The number of benzene rings is 1. The third-order valence-corrected chi connectivity index (χ3v) is 4.94. The zero-order chi connectivity index (χ0) is 15.0. The van der Waals surface area contributed by atoms with Crippen LogP contribution in [0.5, 0.6) is 0 Å². The SMILES string of the molecule is Cc1ccc(NC(=S)N[C@H]2C[C@H]3CC[C@H]2C3)cc1[N+](=O)[O-]. The highest BCUT2D eigenvalue weighted by Gasteiger charge is 2.39. The van der Waals surface area contributed by atoms with Gasteiger partial charge in [-0.05, 0) is 56.3 Å². The van der Waals surface area contributed by atoms with Gasteiger partial charge in [0.25, 0.3) is 5.69 Å². The highest BCUT2D eigenvalue weighted by Crippen LogP contribution is 2.44. The summed E-state index contributed by atoms with van der Waals surface area (Å²) in [6, 6.07) is 5.55. The molecule has 0 spiro atoms. The number of nitrogens with one attached hydrogen (secondary N) is 2. The topological polar surface area (TPSA) is 67.2 Å². The molecule has 2 fully saturated rings. The van der Waals surface area contributed by atoms with Gasteiger partial charge in [0.2, 0.25) is 0 Å². The molecule has 6 heteroatoms. The molecule has 2 aliphatic carbocycles. The fourth-order valence-corrected chi connectivity index (χ4v) is 3.91. The van der Waals surface area contributed by atoms with Crippen molar-refractivity contribution in [3.63, 3.8) is 0 Å². The molecule has 3 atom stereocenters. The average molecular weight is 305 g/mol. The second kappa shape index (κ2) is 5.60. The number of thiocarbonyl (C=S) groups is 1. The second-order valence-electron chi connectivity index (χ2n) is 6.14. The Morgan fingerprint density at radius 2 is 2.19 bits per heavy atom. The van der Waals surface area contributed by atoms with Gasteiger partial charge in [-0.2, -0.15) is 0 Å². The van der Waals surface area contributed by atoms with Crippen LogP contribution >= 0.6 is 12.2 Å². The van der Waals surface area contributed by atoms with E-state index in [4.69, 9.17) is 12.2 Å². The van der Waals surface area contributed by atoms with E-state index in [1.54, 1.807) is 13.0 Å². The molecule has 0 unspecified atom stereocenters. The van der Waals surface area contributed by atoms with Crippen molar-refractivity contribution in [1.82, 2.24) is 5.32 Å². The van der Waals surface area contributed by atoms with E-state index in [1.807, 2.05) is 6.07 Å². The van der Waals surface area contributed by atoms with Gasteiger partial charge in [-0.3, -0.25) is 10.1 Å². The predicted octanol–water partition coefficient (Wildman–Crippen LogP) is 3.38. The van der Waals surface area contributed by atoms with Crippen LogP contribution in [0.3, 0.4) is 0 Å². The minimum atomic E-state index is -0.368. The summed E-state index contributed by atoms with van der Waals surface area (Å²) in [6.07, 6.45) is 5.16. The minimum absolute atomic E-state index is 0.114. The molecule has 0 amide bonds. The van der Waals surface area contributed by atoms with Gasteiger partial charge in [0, 0.05) is 23.4 Å². The fourth-order valence-electron chi connectivity index (χ4n) is 3.64. The van der Waals surface area contributed by atoms with Crippen molar-refractivity contribution >= 4 is 28.7 Å². The summed E-state index contributed by atoms with van der Waals surface area (Å²) >= 11 is 5.34. The quantitative estimate of drug-likeness (QED) is 0.509. The molecule has 2 aliphatic rings. The Bertz CT molecular complexity index is 590. The molecule has 0 aliphatic heterocycles. The first-order chi connectivity index (χ1) is 10.0. The van der Waals surface area contributed by atoms with E-state index in [9.17, 15) is 10.1 Å². The molecular formula is C15H19N3O2S. The number of hydrogen-bond acceptors (Lipinski definition) is 3. The molecular weight excluding hydrogens is 286 g/mol. The lowest BCUT2D eigenvalue weighted by Gasteiger charge is -2.24. The van der Waals surface area contributed by atoms with Crippen molar-refractivity contribution in [2.45, 2.75) is 38.6 Å². The second-order valence-corrected chi connectivity index (χ2v) is 6.55. The highest BCUT2D eigenvalue weighted by molar-refractivity contribution is 7.80. The number of nitro benzene ring substituents is 1. The Labute approximate surface area is 129 Å². The molecule has 2 saturated carbocycles. The van der Waals surface area contributed by atoms with Gasteiger partial charge in [0.1, 0.15) is 0 Å². The van der Waals surface area contributed by atoms with Gasteiger partial charge >= 0.3 is 0 Å². The first kappa shape index (κ1) is 14.3. The molecule has 112 valence electrons. The summed E-state index contributed by atoms with van der Waals surface area (Å²) in [5.41, 5.74) is 1.42. The summed E-state index contributed by atoms with van der Waals surface area (Å²) < 4.78 is 0. The van der Waals surface area contributed by atoms with Crippen LogP contribution in [0, 0.1) is 28.9 Å². The average Bonchev–Trinajstić information content (AvgIpc) is 3.03. The number of aryl methyl sites for hydroxylation is 1. The van der Waals surface area contributed by atoms with Crippen molar-refractivity contribution in [2.24, 2.45) is 11.8 Å². The summed E-state index contributed by atoms with van der Waals surface area (Å²) in [5, 5.41) is 18.0. The fraction of sp³-hybridized carbons (Fsp3) is 0.533. The van der Waals surface area contributed by atoms with Crippen LogP contribution < -0.4 is 10.6 Å². The maximum atomic E-state index is 11.0. The minimum Gasteiger partial charge on any atom is -0.359 e. The lowest BCUT2D eigenvalue weighted by molar-refractivity contribution is -0.385. The van der Waals surface area contributed by atoms with E-state index >= 15 is 0 Å². The third kappa shape index (κ3) is 3.00. The number of nitrogens with zero attached hydrogens (tertiary/aromatic N) is 1. The van der Waals surface area contributed by atoms with Crippen LogP contribution in [0.1, 0.15) is 31.2 Å². The Hall–Kier alpha value is -1.69. The van der Waals surface area contributed by atoms with Crippen molar-refractivity contribution < 1.29 is 4.92 Å². The normalized spacial score (nSPS) is 26.6. The number of fused-ring (bicyclic) bond motifs is 2. The van der Waals surface area contributed by atoms with Gasteiger partial charge in [0.15, 0.2) is 5.11 Å². The van der Waals surface area contributed by atoms with E-state index in [2.05, 4.69) is 10.6 Å². The van der Waals surface area contributed by atoms with Crippen LogP contribution in [0.15, 0.2) is 18.2 Å². The standard InChI is InChI=1S/C15H19N3O2S/c1-9-2-5-12(8-14(9)18(19)20)16-15(21)17-13-7-10-3-4-11(13)6-10/h2,5,8,10-11,13H,3-4,6-7H2,1H3,(H2,16,17,21)/t10-,11-,13-/m0/s1. The van der Waals surface area contributed by atoms with E-state index < -0.39 is 0 Å². The van der Waals surface area contributed by atoms with Gasteiger partial charge in [0.05, 0.1) is 4.92 Å². The van der Waals surface area contributed by atoms with E-state index in [0.717, 1.165) is 11.8 Å². The summed E-state index contributed by atoms with van der Waals surface area (Å²) in [5.74, 6) is 1.60. The molecule has 2 bridgehead atoms. The van der Waals surface area contributed by atoms with Crippen molar-refractivity contribution in [1.29, 1.82) is 0 Å². The largest absolute Gasteiger partial charge is 0.359 e. The molecule has 0 heterocycles. The highest BCUT2D eigenvalue weighted by atomic mass is 32.1. The summed E-state index contributed by atoms with van der Waals surface area (Å²) in [4.78, 5) is 10.6. The van der Waals surface area contributed by atoms with Gasteiger partial charge in [-0.25, -0.2) is 0 Å².